The number of alkyl halides is 1. The second-order valence-electron chi connectivity index (χ2n) is 3.32. The highest BCUT2D eigenvalue weighted by molar-refractivity contribution is 9.09. The summed E-state index contributed by atoms with van der Waals surface area (Å²) < 4.78 is 11.0. The van der Waals surface area contributed by atoms with Gasteiger partial charge in [-0.15, -0.1) is 0 Å². The van der Waals surface area contributed by atoms with Gasteiger partial charge in [0, 0.05) is 19.8 Å². The van der Waals surface area contributed by atoms with Gasteiger partial charge in [0.2, 0.25) is 5.91 Å². The van der Waals surface area contributed by atoms with Gasteiger partial charge in [-0.05, 0) is 20.3 Å². The Kier molecular flexibility index (Phi) is 11.6. The summed E-state index contributed by atoms with van der Waals surface area (Å²) in [5.41, 5.74) is 0. The molecule has 0 unspecified atom stereocenters. The maximum absolute atomic E-state index is 10.9. The van der Waals surface area contributed by atoms with Crippen LogP contribution in [0.2, 0.25) is 6.04 Å². The first-order valence-corrected chi connectivity index (χ1v) is 8.74. The number of rotatable bonds is 10. The summed E-state index contributed by atoms with van der Waals surface area (Å²) in [4.78, 5) is 10.9. The highest BCUT2D eigenvalue weighted by Gasteiger charge is 2.07. The SMILES string of the molecule is CCOC(OCC)[SiH2]CCCNC(=O)CBr. The van der Waals surface area contributed by atoms with Crippen molar-refractivity contribution in [3.63, 3.8) is 0 Å². The lowest BCUT2D eigenvalue weighted by Gasteiger charge is -2.16. The molecule has 6 heteroatoms. The Hall–Kier alpha value is 0.0869. The summed E-state index contributed by atoms with van der Waals surface area (Å²) in [6, 6.07) is 1.13. The molecule has 0 aliphatic carbocycles. The van der Waals surface area contributed by atoms with Crippen LogP contribution in [0.3, 0.4) is 0 Å². The molecule has 0 aromatic rings. The minimum absolute atomic E-state index is 0.0434. The Morgan fingerprint density at radius 2 is 2.00 bits per heavy atom. The molecule has 0 atom stereocenters. The number of amides is 1. The number of carbonyl (C=O) groups is 1. The monoisotopic (exact) mass is 311 g/mol. The lowest BCUT2D eigenvalue weighted by molar-refractivity contribution is -0.118. The fourth-order valence-electron chi connectivity index (χ4n) is 1.30. The van der Waals surface area contributed by atoms with Crippen LogP contribution in [0.5, 0.6) is 0 Å². The molecule has 16 heavy (non-hydrogen) atoms. The van der Waals surface area contributed by atoms with E-state index in [1.165, 1.54) is 0 Å². The van der Waals surface area contributed by atoms with Crippen LogP contribution >= 0.6 is 15.9 Å². The predicted molar refractivity (Wildman–Crippen MR) is 71.8 cm³/mol. The Labute approximate surface area is 108 Å². The number of hydrogen-bond acceptors (Lipinski definition) is 3. The normalized spacial score (nSPS) is 11.5. The number of nitrogens with one attached hydrogen (secondary N) is 1. The molecule has 0 saturated carbocycles. The van der Waals surface area contributed by atoms with Crippen LogP contribution < -0.4 is 5.32 Å². The van der Waals surface area contributed by atoms with Crippen molar-refractivity contribution < 1.29 is 14.3 Å². The third-order valence-corrected chi connectivity index (χ3v) is 4.38. The van der Waals surface area contributed by atoms with E-state index in [2.05, 4.69) is 21.2 Å². The van der Waals surface area contributed by atoms with E-state index in [1.54, 1.807) is 0 Å². The molecular weight excluding hydrogens is 290 g/mol. The van der Waals surface area contributed by atoms with E-state index in [0.717, 1.165) is 19.0 Å². The number of ether oxygens (including phenoxy) is 2. The summed E-state index contributed by atoms with van der Waals surface area (Å²) in [5, 5.41) is 3.20. The highest BCUT2D eigenvalue weighted by atomic mass is 79.9. The molecule has 0 aliphatic heterocycles. The molecule has 0 spiro atoms. The summed E-state index contributed by atoms with van der Waals surface area (Å²) in [7, 11) is -0.355. The Morgan fingerprint density at radius 1 is 1.38 bits per heavy atom. The number of carbonyl (C=O) groups excluding carboxylic acids is 1. The van der Waals surface area contributed by atoms with Crippen molar-refractivity contribution in [3.8, 4) is 0 Å². The van der Waals surface area contributed by atoms with Gasteiger partial charge in [0.05, 0.1) is 14.8 Å². The lowest BCUT2D eigenvalue weighted by atomic mass is 10.5. The van der Waals surface area contributed by atoms with Crippen LogP contribution in [0.1, 0.15) is 20.3 Å². The first kappa shape index (κ1) is 16.1. The average Bonchev–Trinajstić information content (AvgIpc) is 2.28. The van der Waals surface area contributed by atoms with E-state index in [0.29, 0.717) is 18.5 Å². The predicted octanol–water partition coefficient (Wildman–Crippen LogP) is 0.831. The van der Waals surface area contributed by atoms with Crippen LogP contribution in [-0.4, -0.2) is 46.4 Å². The molecule has 0 saturated heterocycles. The maximum Gasteiger partial charge on any atom is 0.230 e. The minimum Gasteiger partial charge on any atom is -0.357 e. The van der Waals surface area contributed by atoms with Gasteiger partial charge in [-0.1, -0.05) is 22.0 Å². The molecule has 96 valence electrons. The van der Waals surface area contributed by atoms with Crippen LogP contribution in [0.25, 0.3) is 0 Å². The fourth-order valence-corrected chi connectivity index (χ4v) is 3.17. The Balaban J connectivity index is 3.42. The second-order valence-corrected chi connectivity index (χ2v) is 5.83. The lowest BCUT2D eigenvalue weighted by Crippen LogP contribution is -2.27. The zero-order valence-electron chi connectivity index (χ0n) is 10.1. The van der Waals surface area contributed by atoms with Gasteiger partial charge >= 0.3 is 0 Å². The van der Waals surface area contributed by atoms with E-state index in [1.807, 2.05) is 13.8 Å². The van der Waals surface area contributed by atoms with Gasteiger partial charge in [0.25, 0.3) is 0 Å². The summed E-state index contributed by atoms with van der Waals surface area (Å²) in [6.07, 6.45) is 1.02. The van der Waals surface area contributed by atoms with E-state index in [-0.39, 0.29) is 21.3 Å². The van der Waals surface area contributed by atoms with Gasteiger partial charge in [-0.25, -0.2) is 0 Å². The first-order valence-electron chi connectivity index (χ1n) is 5.80. The third kappa shape index (κ3) is 9.32. The van der Waals surface area contributed by atoms with Gasteiger partial charge < -0.3 is 14.8 Å². The highest BCUT2D eigenvalue weighted by Crippen LogP contribution is 1.98. The number of hydrogen-bond donors (Lipinski definition) is 1. The van der Waals surface area contributed by atoms with Gasteiger partial charge in [-0.2, -0.15) is 0 Å². The van der Waals surface area contributed by atoms with Gasteiger partial charge in [-0.3, -0.25) is 4.79 Å². The third-order valence-electron chi connectivity index (χ3n) is 2.02. The Bertz CT molecular complexity index is 177. The van der Waals surface area contributed by atoms with Crippen molar-refractivity contribution in [1.29, 1.82) is 0 Å². The molecule has 0 aliphatic rings. The van der Waals surface area contributed by atoms with Crippen molar-refractivity contribution in [3.05, 3.63) is 0 Å². The van der Waals surface area contributed by atoms with Crippen LogP contribution in [-0.2, 0) is 14.3 Å². The summed E-state index contributed by atoms with van der Waals surface area (Å²) in [6.45, 7) is 6.13. The zero-order chi connectivity index (χ0) is 12.2. The van der Waals surface area contributed by atoms with Crippen LogP contribution in [0.4, 0.5) is 0 Å². The van der Waals surface area contributed by atoms with Crippen LogP contribution in [0, 0.1) is 0 Å². The number of halogens is 1. The fraction of sp³-hybridized carbons (Fsp3) is 0.900. The summed E-state index contributed by atoms with van der Waals surface area (Å²) in [5.74, 6) is 0.0923. The molecule has 4 nitrogen and oxygen atoms in total. The topological polar surface area (TPSA) is 47.6 Å². The molecule has 0 fully saturated rings. The van der Waals surface area contributed by atoms with E-state index in [9.17, 15) is 4.79 Å². The molecule has 1 amide bonds. The molecular formula is C10H22BrNO3Si. The molecule has 0 aromatic carbocycles. The smallest absolute Gasteiger partial charge is 0.230 e. The molecule has 0 bridgehead atoms. The molecule has 0 radical (unpaired) electrons. The Morgan fingerprint density at radius 3 is 2.50 bits per heavy atom. The van der Waals surface area contributed by atoms with Crippen molar-refractivity contribution >= 4 is 31.4 Å². The van der Waals surface area contributed by atoms with Gasteiger partial charge in [0.1, 0.15) is 5.91 Å². The minimum atomic E-state index is -0.355. The van der Waals surface area contributed by atoms with Crippen LogP contribution in [0.15, 0.2) is 0 Å². The average molecular weight is 312 g/mol. The molecule has 0 heterocycles. The van der Waals surface area contributed by atoms with Crippen molar-refractivity contribution in [2.75, 3.05) is 25.1 Å². The molecule has 0 rings (SSSR count). The van der Waals surface area contributed by atoms with Gasteiger partial charge in [0.15, 0.2) is 0 Å². The first-order chi connectivity index (χ1) is 7.74. The maximum atomic E-state index is 10.9. The van der Waals surface area contributed by atoms with E-state index in [4.69, 9.17) is 9.47 Å². The summed E-state index contributed by atoms with van der Waals surface area (Å²) >= 11 is 3.10. The van der Waals surface area contributed by atoms with E-state index >= 15 is 0 Å². The van der Waals surface area contributed by atoms with Crippen molar-refractivity contribution in [2.24, 2.45) is 0 Å². The standard InChI is InChI=1S/C10H22BrNO3Si/c1-3-14-10(15-4-2)16-7-5-6-12-9(13)8-11/h10H,3-8,16H2,1-2H3,(H,12,13). The largest absolute Gasteiger partial charge is 0.357 e. The van der Waals surface area contributed by atoms with Crippen molar-refractivity contribution in [2.45, 2.75) is 32.2 Å². The second kappa shape index (κ2) is 11.6. The quantitative estimate of drug-likeness (QED) is 0.281. The zero-order valence-corrected chi connectivity index (χ0v) is 13.1. The van der Waals surface area contributed by atoms with E-state index < -0.39 is 0 Å². The molecule has 1 N–H and O–H groups in total. The molecule has 0 aromatic heterocycles. The van der Waals surface area contributed by atoms with Crippen molar-refractivity contribution in [1.82, 2.24) is 5.32 Å².